The highest BCUT2D eigenvalue weighted by atomic mass is 35.5. The Hall–Kier alpha value is -2.28. The van der Waals surface area contributed by atoms with Gasteiger partial charge < -0.3 is 10.6 Å². The maximum absolute atomic E-state index is 4.53. The molecule has 142 valence electrons. The van der Waals surface area contributed by atoms with Crippen molar-refractivity contribution < 1.29 is 0 Å². The maximum Gasteiger partial charge on any atom is 0.137 e. The molecule has 4 rings (SSSR count). The van der Waals surface area contributed by atoms with Crippen LogP contribution in [0.15, 0.2) is 48.9 Å². The summed E-state index contributed by atoms with van der Waals surface area (Å²) >= 11 is 0. The van der Waals surface area contributed by atoms with Gasteiger partial charge in [-0.1, -0.05) is 18.2 Å². The van der Waals surface area contributed by atoms with Crippen molar-refractivity contribution in [1.82, 2.24) is 25.2 Å². The van der Waals surface area contributed by atoms with E-state index in [1.165, 1.54) is 0 Å². The fourth-order valence-corrected chi connectivity index (χ4v) is 3.49. The Balaban J connectivity index is 0.00000210. The van der Waals surface area contributed by atoms with E-state index in [4.69, 9.17) is 0 Å². The third-order valence-corrected chi connectivity index (χ3v) is 4.73. The Morgan fingerprint density at radius 3 is 2.70 bits per heavy atom. The van der Waals surface area contributed by atoms with Crippen LogP contribution in [-0.2, 0) is 0 Å². The van der Waals surface area contributed by atoms with Crippen molar-refractivity contribution in [3.05, 3.63) is 48.9 Å². The third-order valence-electron chi connectivity index (χ3n) is 4.73. The van der Waals surface area contributed by atoms with Crippen molar-refractivity contribution in [2.75, 3.05) is 38.0 Å². The summed E-state index contributed by atoms with van der Waals surface area (Å²) < 4.78 is 0. The van der Waals surface area contributed by atoms with E-state index in [1.54, 1.807) is 6.33 Å². The van der Waals surface area contributed by atoms with E-state index >= 15 is 0 Å². The lowest BCUT2D eigenvalue weighted by Crippen LogP contribution is -2.47. The molecule has 27 heavy (non-hydrogen) atoms. The first kappa shape index (κ1) is 19.5. The molecule has 1 aliphatic rings. The zero-order chi connectivity index (χ0) is 17.8. The second-order valence-electron chi connectivity index (χ2n) is 6.73. The Kier molecular flexibility index (Phi) is 6.55. The summed E-state index contributed by atoms with van der Waals surface area (Å²) in [5.41, 5.74) is 2.89. The van der Waals surface area contributed by atoms with Gasteiger partial charge in [0.25, 0.3) is 0 Å². The molecule has 0 aliphatic carbocycles. The van der Waals surface area contributed by atoms with Crippen LogP contribution in [0.2, 0.25) is 0 Å². The Labute approximate surface area is 165 Å². The topological polar surface area (TPSA) is 66.0 Å². The molecular formula is C20H25ClN6. The molecule has 0 unspecified atom stereocenters. The van der Waals surface area contributed by atoms with E-state index in [2.05, 4.69) is 49.5 Å². The zero-order valence-electron chi connectivity index (χ0n) is 15.4. The number of rotatable bonds is 5. The van der Waals surface area contributed by atoms with Crippen LogP contribution in [-0.4, -0.2) is 58.6 Å². The Morgan fingerprint density at radius 2 is 1.93 bits per heavy atom. The molecular weight excluding hydrogens is 360 g/mol. The zero-order valence-corrected chi connectivity index (χ0v) is 16.2. The highest BCUT2D eigenvalue weighted by molar-refractivity contribution is 5.98. The van der Waals surface area contributed by atoms with Crippen LogP contribution >= 0.6 is 12.4 Å². The number of benzene rings is 1. The van der Waals surface area contributed by atoms with Gasteiger partial charge >= 0.3 is 0 Å². The normalized spacial score (nSPS) is 15.9. The van der Waals surface area contributed by atoms with E-state index in [0.29, 0.717) is 6.04 Å². The second kappa shape index (κ2) is 9.08. The largest absolute Gasteiger partial charge is 0.366 e. The monoisotopic (exact) mass is 384 g/mol. The van der Waals surface area contributed by atoms with Gasteiger partial charge in [0, 0.05) is 55.9 Å². The fourth-order valence-electron chi connectivity index (χ4n) is 3.49. The number of halogens is 1. The first-order chi connectivity index (χ1) is 12.8. The molecule has 2 aromatic heterocycles. The minimum Gasteiger partial charge on any atom is -0.366 e. The smallest absolute Gasteiger partial charge is 0.137 e. The van der Waals surface area contributed by atoms with E-state index < -0.39 is 0 Å². The van der Waals surface area contributed by atoms with Gasteiger partial charge in [-0.15, -0.1) is 12.4 Å². The van der Waals surface area contributed by atoms with Crippen molar-refractivity contribution >= 4 is 29.1 Å². The number of nitrogens with zero attached hydrogens (tertiary/aromatic N) is 4. The van der Waals surface area contributed by atoms with Crippen molar-refractivity contribution in [3.63, 3.8) is 0 Å². The number of hydrogen-bond acceptors (Lipinski definition) is 6. The number of nitrogens with one attached hydrogen (secondary N) is 2. The van der Waals surface area contributed by atoms with Crippen LogP contribution in [0.1, 0.15) is 6.92 Å². The molecule has 0 saturated carbocycles. The first-order valence-electron chi connectivity index (χ1n) is 9.16. The number of para-hydroxylation sites is 1. The molecule has 1 aromatic carbocycles. The van der Waals surface area contributed by atoms with Crippen LogP contribution in [0.25, 0.3) is 22.2 Å². The minimum absolute atomic E-state index is 0. The first-order valence-corrected chi connectivity index (χ1v) is 9.16. The Morgan fingerprint density at radius 1 is 1.07 bits per heavy atom. The van der Waals surface area contributed by atoms with Gasteiger partial charge in [-0.05, 0) is 25.1 Å². The van der Waals surface area contributed by atoms with Gasteiger partial charge in [-0.3, -0.25) is 9.88 Å². The second-order valence-corrected chi connectivity index (χ2v) is 6.73. The minimum atomic E-state index is 0. The predicted molar refractivity (Wildman–Crippen MR) is 112 cm³/mol. The highest BCUT2D eigenvalue weighted by Crippen LogP contribution is 2.28. The summed E-state index contributed by atoms with van der Waals surface area (Å²) in [4.78, 5) is 16.0. The molecule has 2 N–H and O–H groups in total. The average Bonchev–Trinajstić information content (AvgIpc) is 2.69. The number of hydrogen-bond donors (Lipinski definition) is 2. The van der Waals surface area contributed by atoms with E-state index in [0.717, 1.165) is 60.7 Å². The number of pyridine rings is 1. The summed E-state index contributed by atoms with van der Waals surface area (Å²) in [7, 11) is 0. The van der Waals surface area contributed by atoms with Crippen molar-refractivity contribution in [1.29, 1.82) is 0 Å². The van der Waals surface area contributed by atoms with Crippen LogP contribution in [0.5, 0.6) is 0 Å². The molecule has 1 fully saturated rings. The number of aromatic nitrogens is 3. The molecule has 0 bridgehead atoms. The lowest BCUT2D eigenvalue weighted by Gasteiger charge is -2.30. The molecule has 6 nitrogen and oxygen atoms in total. The summed E-state index contributed by atoms with van der Waals surface area (Å²) in [6, 6.07) is 12.4. The highest BCUT2D eigenvalue weighted by Gasteiger charge is 2.15. The number of anilines is 1. The van der Waals surface area contributed by atoms with Crippen molar-refractivity contribution in [2.45, 2.75) is 13.0 Å². The van der Waals surface area contributed by atoms with Crippen LogP contribution in [0.3, 0.4) is 0 Å². The summed E-state index contributed by atoms with van der Waals surface area (Å²) in [5.74, 6) is 0.885. The van der Waals surface area contributed by atoms with Gasteiger partial charge in [-0.2, -0.15) is 0 Å². The molecule has 1 aliphatic heterocycles. The van der Waals surface area contributed by atoms with Crippen molar-refractivity contribution in [3.8, 4) is 11.3 Å². The van der Waals surface area contributed by atoms with E-state index in [1.807, 2.05) is 30.5 Å². The molecule has 1 saturated heterocycles. The molecule has 0 amide bonds. The molecule has 1 atom stereocenters. The lowest BCUT2D eigenvalue weighted by atomic mass is 10.1. The van der Waals surface area contributed by atoms with E-state index in [-0.39, 0.29) is 12.4 Å². The molecule has 0 radical (unpaired) electrons. The maximum atomic E-state index is 4.53. The molecule has 0 spiro atoms. The van der Waals surface area contributed by atoms with Gasteiger partial charge in [0.05, 0.1) is 11.2 Å². The third kappa shape index (κ3) is 4.53. The quantitative estimate of drug-likeness (QED) is 0.705. The van der Waals surface area contributed by atoms with Gasteiger partial charge in [0.2, 0.25) is 0 Å². The molecule has 7 heteroatoms. The van der Waals surface area contributed by atoms with E-state index in [9.17, 15) is 0 Å². The average molecular weight is 385 g/mol. The lowest BCUT2D eigenvalue weighted by molar-refractivity contribution is 0.235. The van der Waals surface area contributed by atoms with Crippen LogP contribution < -0.4 is 10.6 Å². The van der Waals surface area contributed by atoms with Gasteiger partial charge in [-0.25, -0.2) is 9.97 Å². The van der Waals surface area contributed by atoms with Gasteiger partial charge in [0.1, 0.15) is 12.1 Å². The molecule has 3 aromatic rings. The van der Waals surface area contributed by atoms with Crippen LogP contribution in [0, 0.1) is 0 Å². The SMILES string of the molecule is C[C@@H](CN1CCNCC1)Nc1ncnc2c(-c3ccccn3)cccc12.Cl. The predicted octanol–water partition coefficient (Wildman–Crippen LogP) is 2.82. The van der Waals surface area contributed by atoms with Crippen LogP contribution in [0.4, 0.5) is 5.82 Å². The fraction of sp³-hybridized carbons (Fsp3) is 0.350. The van der Waals surface area contributed by atoms with Crippen molar-refractivity contribution in [2.24, 2.45) is 0 Å². The van der Waals surface area contributed by atoms with Gasteiger partial charge in [0.15, 0.2) is 0 Å². The number of piperazine rings is 1. The standard InChI is InChI=1S/C20H24N6.ClH/c1-15(13-26-11-9-21-10-12-26)25-20-17-6-4-5-16(19(17)23-14-24-20)18-7-2-3-8-22-18;/h2-8,14-15,21H,9-13H2,1H3,(H,23,24,25);1H/t15-;/m0./s1. The Bertz CT molecular complexity index is 867. The summed E-state index contributed by atoms with van der Waals surface area (Å²) in [5, 5.41) is 8.00. The summed E-state index contributed by atoms with van der Waals surface area (Å²) in [6.45, 7) is 7.54. The summed E-state index contributed by atoms with van der Waals surface area (Å²) in [6.07, 6.45) is 3.44. The molecule has 3 heterocycles. The number of fused-ring (bicyclic) bond motifs is 1.